The largest absolute Gasteiger partial charge is 0.395 e. The molecule has 1 aliphatic rings. The monoisotopic (exact) mass is 354 g/mol. The number of ether oxygens (including phenoxy) is 1. The summed E-state index contributed by atoms with van der Waals surface area (Å²) < 4.78 is 5.09. The van der Waals surface area contributed by atoms with Gasteiger partial charge < -0.3 is 19.6 Å². The fourth-order valence-electron chi connectivity index (χ4n) is 3.11. The molecule has 132 valence electrons. The molecule has 1 fully saturated rings. The number of methoxy groups -OCH3 is 1. The highest BCUT2D eigenvalue weighted by Crippen LogP contribution is 2.41. The summed E-state index contributed by atoms with van der Waals surface area (Å²) in [7, 11) is 3.20. The number of aliphatic hydroxyl groups excluding tert-OH is 1. The van der Waals surface area contributed by atoms with Crippen molar-refractivity contribution < 1.29 is 19.4 Å². The van der Waals surface area contributed by atoms with Gasteiger partial charge in [-0.2, -0.15) is 0 Å². The van der Waals surface area contributed by atoms with Gasteiger partial charge in [0.25, 0.3) is 0 Å². The molecule has 0 spiro atoms. The highest BCUT2D eigenvalue weighted by Gasteiger charge is 2.45. The topological polar surface area (TPSA) is 70.1 Å². The third-order valence-corrected chi connectivity index (χ3v) is 4.67. The molecule has 0 aromatic heterocycles. The minimum atomic E-state index is -0.522. The second-order valence-electron chi connectivity index (χ2n) is 5.84. The maximum absolute atomic E-state index is 12.8. The standard InChI is InChI=1S/C17H23ClN2O4/c1-19(7-9-21)17(23)13-11-15(22)20(8-10-24-2)16(13)12-5-3-4-6-14(12)18/h3-6,13,16,21H,7-11H2,1-2H3/t13-,16+/m1/s1. The number of likely N-dealkylation sites (N-methyl/N-ethyl adjacent to an activating group) is 1. The zero-order chi connectivity index (χ0) is 17.7. The Morgan fingerprint density at radius 1 is 1.46 bits per heavy atom. The summed E-state index contributed by atoms with van der Waals surface area (Å²) in [5, 5.41) is 9.60. The number of benzene rings is 1. The first kappa shape index (κ1) is 18.7. The van der Waals surface area contributed by atoms with E-state index in [4.69, 9.17) is 21.4 Å². The summed E-state index contributed by atoms with van der Waals surface area (Å²) >= 11 is 6.33. The van der Waals surface area contributed by atoms with Crippen molar-refractivity contribution in [3.63, 3.8) is 0 Å². The predicted octanol–water partition coefficient (Wildman–Crippen LogP) is 1.33. The summed E-state index contributed by atoms with van der Waals surface area (Å²) in [5.74, 6) is -0.777. The molecule has 0 unspecified atom stereocenters. The molecule has 24 heavy (non-hydrogen) atoms. The minimum Gasteiger partial charge on any atom is -0.395 e. The average Bonchev–Trinajstić information content (AvgIpc) is 2.89. The van der Waals surface area contributed by atoms with Gasteiger partial charge in [0.05, 0.1) is 25.2 Å². The van der Waals surface area contributed by atoms with Crippen molar-refractivity contribution in [1.29, 1.82) is 0 Å². The van der Waals surface area contributed by atoms with Gasteiger partial charge in [0.15, 0.2) is 0 Å². The number of hydrogen-bond donors (Lipinski definition) is 1. The van der Waals surface area contributed by atoms with Crippen molar-refractivity contribution in [3.8, 4) is 0 Å². The van der Waals surface area contributed by atoms with Gasteiger partial charge in [0.2, 0.25) is 11.8 Å². The minimum absolute atomic E-state index is 0.0901. The summed E-state index contributed by atoms with van der Waals surface area (Å²) in [6.45, 7) is 0.905. The van der Waals surface area contributed by atoms with E-state index in [1.807, 2.05) is 18.2 Å². The second kappa shape index (κ2) is 8.46. The number of aliphatic hydroxyl groups is 1. The second-order valence-corrected chi connectivity index (χ2v) is 6.25. The average molecular weight is 355 g/mol. The Balaban J connectivity index is 2.36. The molecule has 0 radical (unpaired) electrons. The third kappa shape index (κ3) is 3.88. The van der Waals surface area contributed by atoms with Gasteiger partial charge in [-0.05, 0) is 11.6 Å². The van der Waals surface area contributed by atoms with Crippen LogP contribution in [-0.2, 0) is 14.3 Å². The molecular formula is C17H23ClN2O4. The molecule has 6 nitrogen and oxygen atoms in total. The zero-order valence-corrected chi connectivity index (χ0v) is 14.7. The maximum atomic E-state index is 12.8. The number of hydrogen-bond acceptors (Lipinski definition) is 4. The van der Waals surface area contributed by atoms with Crippen LogP contribution in [0.25, 0.3) is 0 Å². The number of amides is 2. The van der Waals surface area contributed by atoms with Crippen molar-refractivity contribution in [2.45, 2.75) is 12.5 Å². The first-order valence-corrected chi connectivity index (χ1v) is 8.27. The molecule has 1 aliphatic heterocycles. The van der Waals surface area contributed by atoms with Crippen LogP contribution in [0.5, 0.6) is 0 Å². The van der Waals surface area contributed by atoms with Crippen LogP contribution in [0.4, 0.5) is 0 Å². The molecule has 2 rings (SSSR count). The van der Waals surface area contributed by atoms with Gasteiger partial charge in [-0.1, -0.05) is 29.8 Å². The summed E-state index contributed by atoms with van der Waals surface area (Å²) in [5.41, 5.74) is 0.761. The number of rotatable bonds is 7. The highest BCUT2D eigenvalue weighted by molar-refractivity contribution is 6.31. The van der Waals surface area contributed by atoms with Gasteiger partial charge in [0, 0.05) is 38.7 Å². The van der Waals surface area contributed by atoms with E-state index in [-0.39, 0.29) is 31.4 Å². The van der Waals surface area contributed by atoms with Crippen molar-refractivity contribution in [2.75, 3.05) is 40.5 Å². The number of likely N-dealkylation sites (tertiary alicyclic amines) is 1. The summed E-state index contributed by atoms with van der Waals surface area (Å²) in [6, 6.07) is 6.84. The summed E-state index contributed by atoms with van der Waals surface area (Å²) in [4.78, 5) is 28.4. The lowest BCUT2D eigenvalue weighted by Gasteiger charge is -2.30. The lowest BCUT2D eigenvalue weighted by Crippen LogP contribution is -2.39. The van der Waals surface area contributed by atoms with Crippen LogP contribution in [0.1, 0.15) is 18.0 Å². The first-order chi connectivity index (χ1) is 11.5. The van der Waals surface area contributed by atoms with Crippen LogP contribution >= 0.6 is 11.6 Å². The van der Waals surface area contributed by atoms with Gasteiger partial charge in [-0.3, -0.25) is 9.59 Å². The van der Waals surface area contributed by atoms with Crippen LogP contribution < -0.4 is 0 Å². The van der Waals surface area contributed by atoms with Gasteiger partial charge in [0.1, 0.15) is 0 Å². The molecule has 1 aromatic rings. The van der Waals surface area contributed by atoms with Crippen LogP contribution in [0, 0.1) is 5.92 Å². The van der Waals surface area contributed by atoms with Crippen molar-refractivity contribution in [3.05, 3.63) is 34.9 Å². The Kier molecular flexibility index (Phi) is 6.60. The van der Waals surface area contributed by atoms with Crippen LogP contribution in [0.3, 0.4) is 0 Å². The molecule has 1 aromatic carbocycles. The van der Waals surface area contributed by atoms with E-state index >= 15 is 0 Å². The third-order valence-electron chi connectivity index (χ3n) is 4.32. The van der Waals surface area contributed by atoms with Gasteiger partial charge in [-0.15, -0.1) is 0 Å². The van der Waals surface area contributed by atoms with E-state index in [1.54, 1.807) is 25.1 Å². The van der Waals surface area contributed by atoms with Gasteiger partial charge in [-0.25, -0.2) is 0 Å². The molecule has 1 N–H and O–H groups in total. The lowest BCUT2D eigenvalue weighted by molar-refractivity contribution is -0.135. The van der Waals surface area contributed by atoms with E-state index < -0.39 is 12.0 Å². The highest BCUT2D eigenvalue weighted by atomic mass is 35.5. The molecule has 1 saturated heterocycles. The van der Waals surface area contributed by atoms with Crippen LogP contribution in [0.2, 0.25) is 5.02 Å². The van der Waals surface area contributed by atoms with E-state index in [2.05, 4.69) is 0 Å². The molecular weight excluding hydrogens is 332 g/mol. The smallest absolute Gasteiger partial charge is 0.228 e. The number of nitrogens with zero attached hydrogens (tertiary/aromatic N) is 2. The first-order valence-electron chi connectivity index (χ1n) is 7.90. The predicted molar refractivity (Wildman–Crippen MR) is 90.6 cm³/mol. The maximum Gasteiger partial charge on any atom is 0.228 e. The molecule has 1 heterocycles. The van der Waals surface area contributed by atoms with Crippen molar-refractivity contribution in [1.82, 2.24) is 9.80 Å². The van der Waals surface area contributed by atoms with Crippen LogP contribution in [-0.4, -0.2) is 67.2 Å². The normalized spacial score (nSPS) is 20.5. The number of carbonyl (C=O) groups is 2. The molecule has 0 bridgehead atoms. The molecule has 2 atom stereocenters. The Labute approximate surface area is 146 Å². The Bertz CT molecular complexity index is 596. The number of carbonyl (C=O) groups excluding carboxylic acids is 2. The van der Waals surface area contributed by atoms with E-state index in [9.17, 15) is 9.59 Å². The summed E-state index contributed by atoms with van der Waals surface area (Å²) in [6.07, 6.45) is 0.133. The van der Waals surface area contributed by atoms with Crippen molar-refractivity contribution >= 4 is 23.4 Å². The van der Waals surface area contributed by atoms with Crippen LogP contribution in [0.15, 0.2) is 24.3 Å². The fraction of sp³-hybridized carbons (Fsp3) is 0.529. The van der Waals surface area contributed by atoms with E-state index in [1.165, 1.54) is 4.90 Å². The fourth-order valence-corrected chi connectivity index (χ4v) is 3.36. The molecule has 0 aliphatic carbocycles. The Hall–Kier alpha value is -1.63. The molecule has 0 saturated carbocycles. The van der Waals surface area contributed by atoms with Gasteiger partial charge >= 0.3 is 0 Å². The lowest BCUT2D eigenvalue weighted by atomic mass is 9.92. The van der Waals surface area contributed by atoms with E-state index in [0.29, 0.717) is 18.2 Å². The quantitative estimate of drug-likeness (QED) is 0.802. The van der Waals surface area contributed by atoms with E-state index in [0.717, 1.165) is 5.56 Å². The Morgan fingerprint density at radius 2 is 2.17 bits per heavy atom. The number of halogens is 1. The molecule has 7 heteroatoms. The SMILES string of the molecule is COCCN1C(=O)C[C@@H](C(=O)N(C)CCO)[C@@H]1c1ccccc1Cl. The zero-order valence-electron chi connectivity index (χ0n) is 13.9. The Morgan fingerprint density at radius 3 is 2.79 bits per heavy atom. The molecule has 2 amide bonds. The van der Waals surface area contributed by atoms with Crippen molar-refractivity contribution in [2.24, 2.45) is 5.92 Å².